The van der Waals surface area contributed by atoms with E-state index in [0.29, 0.717) is 0 Å². The van der Waals surface area contributed by atoms with Gasteiger partial charge >= 0.3 is 12.1 Å². The van der Waals surface area contributed by atoms with Crippen LogP contribution in [0.25, 0.3) is 0 Å². The van der Waals surface area contributed by atoms with Crippen LogP contribution in [0.2, 0.25) is 0 Å². The summed E-state index contributed by atoms with van der Waals surface area (Å²) < 4.78 is 4.50. The molecule has 2 aliphatic heterocycles. The Kier molecular flexibility index (Phi) is 4.16. The molecule has 0 spiro atoms. The Hall–Kier alpha value is -2.22. The van der Waals surface area contributed by atoms with Crippen molar-refractivity contribution < 1.29 is 24.2 Å². The molecule has 2 fully saturated rings. The minimum Gasteiger partial charge on any atom is -0.480 e. The van der Waals surface area contributed by atoms with Crippen molar-refractivity contribution in [3.63, 3.8) is 0 Å². The van der Waals surface area contributed by atoms with E-state index in [0.717, 1.165) is 5.56 Å². The molecular weight excluding hydrogens is 332 g/mol. The maximum Gasteiger partial charge on any atom is 0.408 e. The van der Waals surface area contributed by atoms with Gasteiger partial charge in [0.05, 0.1) is 0 Å². The largest absolute Gasteiger partial charge is 0.480 e. The van der Waals surface area contributed by atoms with E-state index in [9.17, 15) is 19.5 Å². The quantitative estimate of drug-likeness (QED) is 0.798. The number of hydrogen-bond acceptors (Lipinski definition) is 5. The molecule has 1 aromatic carbocycles. The van der Waals surface area contributed by atoms with Gasteiger partial charge in [0, 0.05) is 4.75 Å². The second-order valence-electron chi connectivity index (χ2n) is 6.28. The minimum absolute atomic E-state index is 0.109. The summed E-state index contributed by atoms with van der Waals surface area (Å²) in [5.41, 5.74) is 0.844. The van der Waals surface area contributed by atoms with E-state index in [1.165, 1.54) is 16.7 Å². The van der Waals surface area contributed by atoms with Crippen molar-refractivity contribution in [1.29, 1.82) is 0 Å². The number of carbonyl (C=O) groups is 3. The van der Waals surface area contributed by atoms with Crippen LogP contribution in [0.3, 0.4) is 0 Å². The highest BCUT2D eigenvalue weighted by atomic mass is 32.2. The summed E-state index contributed by atoms with van der Waals surface area (Å²) in [6.07, 6.45) is -0.686. The molecule has 3 atom stereocenters. The van der Waals surface area contributed by atoms with Crippen LogP contribution in [-0.2, 0) is 20.9 Å². The molecule has 2 saturated heterocycles. The second kappa shape index (κ2) is 6.01. The van der Waals surface area contributed by atoms with E-state index < -0.39 is 28.9 Å². The molecule has 1 aromatic rings. The standard InChI is InChI=1S/C16H18N2O5S/c1-16(2)11(14(20)21)18-12(19)10(13(18)24-16)17-15(22)23-8-9-6-4-3-5-7-9/h3-7,10-11,13H,8H2,1-2H3,(H,17,22)(H,20,21)/t10?,11-,13+/m0/s1. The molecule has 0 saturated carbocycles. The Bertz CT molecular complexity index is 678. The Balaban J connectivity index is 1.59. The van der Waals surface area contributed by atoms with Crippen LogP contribution in [0.15, 0.2) is 30.3 Å². The molecule has 0 radical (unpaired) electrons. The maximum absolute atomic E-state index is 12.2. The number of fused-ring (bicyclic) bond motifs is 1. The van der Waals surface area contributed by atoms with Gasteiger partial charge in [-0.3, -0.25) is 4.79 Å². The van der Waals surface area contributed by atoms with Crippen LogP contribution in [-0.4, -0.2) is 50.2 Å². The third-order valence-corrected chi connectivity index (χ3v) is 5.73. The summed E-state index contributed by atoms with van der Waals surface area (Å²) in [4.78, 5) is 36.9. The number of nitrogens with one attached hydrogen (secondary N) is 1. The number of alkyl carbamates (subject to hydrolysis) is 1. The summed E-state index contributed by atoms with van der Waals surface area (Å²) in [7, 11) is 0. The summed E-state index contributed by atoms with van der Waals surface area (Å²) in [5, 5.41) is 11.5. The van der Waals surface area contributed by atoms with Gasteiger partial charge in [0.2, 0.25) is 5.91 Å². The summed E-state index contributed by atoms with van der Waals surface area (Å²) >= 11 is 1.38. The van der Waals surface area contributed by atoms with Gasteiger partial charge < -0.3 is 20.1 Å². The highest BCUT2D eigenvalue weighted by molar-refractivity contribution is 8.01. The number of rotatable bonds is 4. The van der Waals surface area contributed by atoms with Crippen molar-refractivity contribution in [2.24, 2.45) is 0 Å². The average Bonchev–Trinajstić information content (AvgIpc) is 2.80. The van der Waals surface area contributed by atoms with Gasteiger partial charge in [-0.25, -0.2) is 9.59 Å². The molecule has 3 rings (SSSR count). The highest BCUT2D eigenvalue weighted by Crippen LogP contribution is 2.50. The van der Waals surface area contributed by atoms with Crippen molar-refractivity contribution >= 4 is 29.7 Å². The monoisotopic (exact) mass is 350 g/mol. The van der Waals surface area contributed by atoms with Gasteiger partial charge in [0.25, 0.3) is 0 Å². The lowest BCUT2D eigenvalue weighted by molar-refractivity contribution is -0.160. The van der Waals surface area contributed by atoms with Gasteiger partial charge in [-0.15, -0.1) is 11.8 Å². The smallest absolute Gasteiger partial charge is 0.408 e. The Morgan fingerprint density at radius 1 is 1.33 bits per heavy atom. The Morgan fingerprint density at radius 2 is 2.00 bits per heavy atom. The Morgan fingerprint density at radius 3 is 2.62 bits per heavy atom. The summed E-state index contributed by atoms with van der Waals surface area (Å²) in [6, 6.07) is 7.57. The van der Waals surface area contributed by atoms with E-state index in [1.54, 1.807) is 13.8 Å². The fourth-order valence-electron chi connectivity index (χ4n) is 3.04. The van der Waals surface area contributed by atoms with Crippen LogP contribution >= 0.6 is 11.8 Å². The van der Waals surface area contributed by atoms with Crippen molar-refractivity contribution in [1.82, 2.24) is 10.2 Å². The molecule has 0 aromatic heterocycles. The normalized spacial score (nSPS) is 27.2. The summed E-state index contributed by atoms with van der Waals surface area (Å²) in [5.74, 6) is -1.42. The lowest BCUT2D eigenvalue weighted by atomic mass is 9.96. The fraction of sp³-hybridized carbons (Fsp3) is 0.438. The first-order valence-corrected chi connectivity index (χ1v) is 8.39. The van der Waals surface area contributed by atoms with Crippen molar-refractivity contribution in [2.75, 3.05) is 0 Å². The molecule has 24 heavy (non-hydrogen) atoms. The number of carboxylic acids is 1. The third kappa shape index (κ3) is 2.82. The number of ether oxygens (including phenoxy) is 1. The van der Waals surface area contributed by atoms with Crippen molar-refractivity contribution in [2.45, 2.75) is 42.7 Å². The molecule has 0 aliphatic carbocycles. The van der Waals surface area contributed by atoms with E-state index in [2.05, 4.69) is 5.32 Å². The van der Waals surface area contributed by atoms with Crippen LogP contribution in [0.5, 0.6) is 0 Å². The maximum atomic E-state index is 12.2. The molecule has 2 aliphatic rings. The van der Waals surface area contributed by atoms with Gasteiger partial charge in [0.1, 0.15) is 24.1 Å². The van der Waals surface area contributed by atoms with E-state index in [4.69, 9.17) is 4.74 Å². The molecule has 7 nitrogen and oxygen atoms in total. The molecule has 8 heteroatoms. The van der Waals surface area contributed by atoms with E-state index >= 15 is 0 Å². The van der Waals surface area contributed by atoms with Crippen molar-refractivity contribution in [3.05, 3.63) is 35.9 Å². The molecule has 2 N–H and O–H groups in total. The first-order chi connectivity index (χ1) is 11.3. The molecule has 1 unspecified atom stereocenters. The average molecular weight is 350 g/mol. The lowest BCUT2D eigenvalue weighted by Gasteiger charge is -2.43. The summed E-state index contributed by atoms with van der Waals surface area (Å²) in [6.45, 7) is 3.68. The third-order valence-electron chi connectivity index (χ3n) is 4.16. The van der Waals surface area contributed by atoms with Crippen LogP contribution in [0.1, 0.15) is 19.4 Å². The van der Waals surface area contributed by atoms with E-state index in [-0.39, 0.29) is 17.9 Å². The Labute approximate surface area is 143 Å². The zero-order valence-electron chi connectivity index (χ0n) is 13.3. The van der Waals surface area contributed by atoms with Crippen LogP contribution in [0.4, 0.5) is 4.79 Å². The number of β-lactam (4-membered cyclic amide) rings is 1. The van der Waals surface area contributed by atoms with Gasteiger partial charge in [0.15, 0.2) is 0 Å². The van der Waals surface area contributed by atoms with Gasteiger partial charge in [-0.1, -0.05) is 30.3 Å². The van der Waals surface area contributed by atoms with Gasteiger partial charge in [-0.05, 0) is 19.4 Å². The molecule has 2 heterocycles. The molecule has 128 valence electrons. The highest BCUT2D eigenvalue weighted by Gasteiger charge is 2.64. The number of hydrogen-bond donors (Lipinski definition) is 2. The first-order valence-electron chi connectivity index (χ1n) is 7.51. The zero-order valence-corrected chi connectivity index (χ0v) is 14.1. The van der Waals surface area contributed by atoms with Crippen LogP contribution < -0.4 is 5.32 Å². The van der Waals surface area contributed by atoms with Gasteiger partial charge in [-0.2, -0.15) is 0 Å². The predicted octanol–water partition coefficient (Wildman–Crippen LogP) is 1.43. The lowest BCUT2D eigenvalue weighted by Crippen LogP contribution is -2.70. The molecule has 2 amide bonds. The van der Waals surface area contributed by atoms with E-state index in [1.807, 2.05) is 30.3 Å². The fourth-order valence-corrected chi connectivity index (χ4v) is 4.66. The molecular formula is C16H18N2O5S. The number of amides is 2. The number of carbonyl (C=O) groups excluding carboxylic acids is 2. The number of aliphatic carboxylic acids is 1. The zero-order chi connectivity index (χ0) is 17.5. The topological polar surface area (TPSA) is 95.9 Å². The number of thioether (sulfide) groups is 1. The number of nitrogens with zero attached hydrogens (tertiary/aromatic N) is 1. The van der Waals surface area contributed by atoms with Crippen molar-refractivity contribution in [3.8, 4) is 0 Å². The van der Waals surface area contributed by atoms with Crippen LogP contribution in [0, 0.1) is 0 Å². The minimum atomic E-state index is -1.03. The predicted molar refractivity (Wildman–Crippen MR) is 87.3 cm³/mol. The second-order valence-corrected chi connectivity index (χ2v) is 8.05. The number of carboxylic acid groups (broad SMARTS) is 1. The number of benzene rings is 1. The SMILES string of the molecule is CC1(C)S[C@@H]2C(NC(=O)OCc3ccccc3)C(=O)N2[C@H]1C(=O)O. The molecule has 0 bridgehead atoms. The first kappa shape index (κ1) is 16.6.